The first kappa shape index (κ1) is 18.9. The van der Waals surface area contributed by atoms with Crippen LogP contribution in [0.25, 0.3) is 0 Å². The van der Waals surface area contributed by atoms with Gasteiger partial charge in [-0.15, -0.1) is 0 Å². The number of hydrogen-bond donors (Lipinski definition) is 1. The molecule has 3 aromatic carbocycles. The highest BCUT2D eigenvalue weighted by atomic mass is 16.2. The monoisotopic (exact) mass is 358 g/mol. The summed E-state index contributed by atoms with van der Waals surface area (Å²) in [6.45, 7) is 3.69. The standard InChI is InChI=1S/C24H26N2O/c1-20(23-15-9-4-10-16-23)26(19-22-13-7-3-8-14-22)24(27)18-25-17-21-11-5-2-6-12-21/h2-16,20,25H,17-19H2,1H3. The molecule has 0 heterocycles. The lowest BCUT2D eigenvalue weighted by Gasteiger charge is -2.30. The minimum absolute atomic E-state index is 0.0115. The van der Waals surface area contributed by atoms with Crippen molar-refractivity contribution < 1.29 is 4.79 Å². The van der Waals surface area contributed by atoms with Gasteiger partial charge in [0.1, 0.15) is 0 Å². The third-order valence-electron chi connectivity index (χ3n) is 4.71. The first-order valence-corrected chi connectivity index (χ1v) is 9.37. The van der Waals surface area contributed by atoms with Gasteiger partial charge < -0.3 is 10.2 Å². The van der Waals surface area contributed by atoms with Crippen LogP contribution in [0, 0.1) is 0 Å². The third kappa shape index (κ3) is 5.53. The van der Waals surface area contributed by atoms with Gasteiger partial charge in [-0.05, 0) is 23.6 Å². The molecule has 0 aromatic heterocycles. The van der Waals surface area contributed by atoms with Crippen molar-refractivity contribution >= 4 is 5.91 Å². The van der Waals surface area contributed by atoms with Gasteiger partial charge in [-0.2, -0.15) is 0 Å². The first-order valence-electron chi connectivity index (χ1n) is 9.37. The van der Waals surface area contributed by atoms with Gasteiger partial charge in [0.05, 0.1) is 12.6 Å². The van der Waals surface area contributed by atoms with Gasteiger partial charge in [-0.1, -0.05) is 91.0 Å². The molecule has 0 saturated carbocycles. The van der Waals surface area contributed by atoms with E-state index in [1.807, 2.05) is 59.5 Å². The van der Waals surface area contributed by atoms with Crippen molar-refractivity contribution in [2.75, 3.05) is 6.54 Å². The first-order chi connectivity index (χ1) is 13.2. The summed E-state index contributed by atoms with van der Waals surface area (Å²) in [6.07, 6.45) is 0. The maximum absolute atomic E-state index is 13.0. The SMILES string of the molecule is CC(c1ccccc1)N(Cc1ccccc1)C(=O)CNCc1ccccc1. The molecule has 138 valence electrons. The lowest BCUT2D eigenvalue weighted by atomic mass is 10.1. The van der Waals surface area contributed by atoms with Crippen molar-refractivity contribution in [3.8, 4) is 0 Å². The van der Waals surface area contributed by atoms with Crippen LogP contribution < -0.4 is 5.32 Å². The van der Waals surface area contributed by atoms with Crippen molar-refractivity contribution in [2.24, 2.45) is 0 Å². The van der Waals surface area contributed by atoms with E-state index in [9.17, 15) is 4.79 Å². The van der Waals surface area contributed by atoms with Gasteiger partial charge in [0.2, 0.25) is 5.91 Å². The molecule has 0 bridgehead atoms. The fourth-order valence-electron chi connectivity index (χ4n) is 3.14. The Hall–Kier alpha value is -2.91. The largest absolute Gasteiger partial charge is 0.331 e. The lowest BCUT2D eigenvalue weighted by molar-refractivity contribution is -0.133. The van der Waals surface area contributed by atoms with Gasteiger partial charge in [0.15, 0.2) is 0 Å². The molecule has 1 atom stereocenters. The predicted octanol–water partition coefficient (Wildman–Crippen LogP) is 4.57. The average molecular weight is 358 g/mol. The zero-order chi connectivity index (χ0) is 18.9. The van der Waals surface area contributed by atoms with E-state index in [1.54, 1.807) is 0 Å². The van der Waals surface area contributed by atoms with E-state index in [0.29, 0.717) is 19.6 Å². The molecule has 0 fully saturated rings. The van der Waals surface area contributed by atoms with Crippen LogP contribution in [-0.2, 0) is 17.9 Å². The van der Waals surface area contributed by atoms with E-state index < -0.39 is 0 Å². The van der Waals surface area contributed by atoms with Crippen LogP contribution in [0.2, 0.25) is 0 Å². The molecule has 0 aliphatic heterocycles. The fraction of sp³-hybridized carbons (Fsp3) is 0.208. The second kappa shape index (κ2) is 9.70. The smallest absolute Gasteiger partial charge is 0.237 e. The molecular formula is C24H26N2O. The minimum atomic E-state index is 0.0115. The molecule has 0 aliphatic rings. The highest BCUT2D eigenvalue weighted by Gasteiger charge is 2.21. The molecule has 0 saturated heterocycles. The van der Waals surface area contributed by atoms with Crippen LogP contribution in [0.5, 0.6) is 0 Å². The number of rotatable bonds is 8. The van der Waals surface area contributed by atoms with E-state index in [0.717, 1.165) is 11.1 Å². The number of nitrogens with one attached hydrogen (secondary N) is 1. The van der Waals surface area contributed by atoms with Crippen molar-refractivity contribution in [1.82, 2.24) is 10.2 Å². The maximum atomic E-state index is 13.0. The molecule has 0 aliphatic carbocycles. The van der Waals surface area contributed by atoms with Crippen LogP contribution in [-0.4, -0.2) is 17.4 Å². The molecule has 0 spiro atoms. The normalized spacial score (nSPS) is 11.7. The summed E-state index contributed by atoms with van der Waals surface area (Å²) in [5.41, 5.74) is 3.46. The number of benzene rings is 3. The topological polar surface area (TPSA) is 32.3 Å². The maximum Gasteiger partial charge on any atom is 0.237 e. The Balaban J connectivity index is 1.69. The van der Waals surface area contributed by atoms with Crippen molar-refractivity contribution in [3.05, 3.63) is 108 Å². The number of carbonyl (C=O) groups is 1. The van der Waals surface area contributed by atoms with E-state index in [-0.39, 0.29) is 11.9 Å². The summed E-state index contributed by atoms with van der Waals surface area (Å²) >= 11 is 0. The molecule has 3 rings (SSSR count). The second-order valence-corrected chi connectivity index (χ2v) is 6.68. The zero-order valence-corrected chi connectivity index (χ0v) is 15.7. The van der Waals surface area contributed by atoms with Crippen LogP contribution in [0.4, 0.5) is 0 Å². The Labute approximate surface area is 161 Å². The van der Waals surface area contributed by atoms with Gasteiger partial charge >= 0.3 is 0 Å². The molecule has 1 amide bonds. The highest BCUT2D eigenvalue weighted by Crippen LogP contribution is 2.22. The molecule has 3 nitrogen and oxygen atoms in total. The predicted molar refractivity (Wildman–Crippen MR) is 110 cm³/mol. The van der Waals surface area contributed by atoms with Gasteiger partial charge in [-0.25, -0.2) is 0 Å². The van der Waals surface area contributed by atoms with Gasteiger partial charge in [0.25, 0.3) is 0 Å². The van der Waals surface area contributed by atoms with E-state index >= 15 is 0 Å². The van der Waals surface area contributed by atoms with Crippen molar-refractivity contribution in [3.63, 3.8) is 0 Å². The molecule has 1 N–H and O–H groups in total. The van der Waals surface area contributed by atoms with Gasteiger partial charge in [-0.3, -0.25) is 4.79 Å². The van der Waals surface area contributed by atoms with Crippen LogP contribution in [0.15, 0.2) is 91.0 Å². The quantitative estimate of drug-likeness (QED) is 0.640. The van der Waals surface area contributed by atoms with Crippen molar-refractivity contribution in [2.45, 2.75) is 26.1 Å². The number of hydrogen-bond acceptors (Lipinski definition) is 2. The summed E-state index contributed by atoms with van der Waals surface area (Å²) < 4.78 is 0. The molecular weight excluding hydrogens is 332 g/mol. The lowest BCUT2D eigenvalue weighted by Crippen LogP contribution is -2.39. The molecule has 3 aromatic rings. The Morgan fingerprint density at radius 2 is 1.33 bits per heavy atom. The molecule has 27 heavy (non-hydrogen) atoms. The van der Waals surface area contributed by atoms with Crippen LogP contribution in [0.3, 0.4) is 0 Å². The zero-order valence-electron chi connectivity index (χ0n) is 15.7. The van der Waals surface area contributed by atoms with E-state index in [2.05, 4.69) is 48.6 Å². The number of amides is 1. The Bertz CT molecular complexity index is 819. The van der Waals surface area contributed by atoms with Crippen LogP contribution >= 0.6 is 0 Å². The second-order valence-electron chi connectivity index (χ2n) is 6.68. The highest BCUT2D eigenvalue weighted by molar-refractivity contribution is 5.78. The minimum Gasteiger partial charge on any atom is -0.331 e. The van der Waals surface area contributed by atoms with Crippen molar-refractivity contribution in [1.29, 1.82) is 0 Å². The van der Waals surface area contributed by atoms with E-state index in [4.69, 9.17) is 0 Å². The molecule has 0 radical (unpaired) electrons. The molecule has 1 unspecified atom stereocenters. The summed E-state index contributed by atoms with van der Waals surface area (Å²) in [5.74, 6) is 0.103. The Kier molecular flexibility index (Phi) is 6.78. The van der Waals surface area contributed by atoms with E-state index in [1.165, 1.54) is 5.56 Å². The summed E-state index contributed by atoms with van der Waals surface area (Å²) in [5, 5.41) is 3.28. The Morgan fingerprint density at radius 1 is 0.815 bits per heavy atom. The summed E-state index contributed by atoms with van der Waals surface area (Å²) in [4.78, 5) is 15.0. The number of carbonyl (C=O) groups excluding carboxylic acids is 1. The summed E-state index contributed by atoms with van der Waals surface area (Å²) in [6, 6.07) is 30.5. The van der Waals surface area contributed by atoms with Gasteiger partial charge in [0, 0.05) is 13.1 Å². The average Bonchev–Trinajstić information content (AvgIpc) is 2.73. The number of nitrogens with zero attached hydrogens (tertiary/aromatic N) is 1. The third-order valence-corrected chi connectivity index (χ3v) is 4.71. The summed E-state index contributed by atoms with van der Waals surface area (Å²) in [7, 11) is 0. The fourth-order valence-corrected chi connectivity index (χ4v) is 3.14. The molecule has 3 heteroatoms. The Morgan fingerprint density at radius 3 is 1.93 bits per heavy atom. The van der Waals surface area contributed by atoms with Crippen LogP contribution in [0.1, 0.15) is 29.7 Å².